The first-order chi connectivity index (χ1) is 9.71. The molecule has 0 N–H and O–H groups in total. The highest BCUT2D eigenvalue weighted by atomic mass is 31.2. The molecule has 2 radical (unpaired) electrons. The molecule has 0 spiro atoms. The van der Waals surface area contributed by atoms with E-state index in [1.165, 1.54) is 22.1 Å². The summed E-state index contributed by atoms with van der Waals surface area (Å²) in [5, 5.41) is 7.87. The van der Waals surface area contributed by atoms with E-state index in [0.717, 1.165) is 0 Å². The quantitative estimate of drug-likeness (QED) is 0.728. The minimum absolute atomic E-state index is 0.476. The van der Waals surface area contributed by atoms with E-state index < -0.39 is 6.89 Å². The van der Waals surface area contributed by atoms with Crippen molar-refractivity contribution in [2.45, 2.75) is 39.5 Å². The van der Waals surface area contributed by atoms with Crippen LogP contribution in [0.3, 0.4) is 0 Å². The molecule has 0 unspecified atom stereocenters. The summed E-state index contributed by atoms with van der Waals surface area (Å²) in [6, 6.07) is 6.59. The van der Waals surface area contributed by atoms with Gasteiger partial charge in [-0.25, -0.2) is 5.01 Å². The van der Waals surface area contributed by atoms with E-state index in [1.54, 1.807) is 0 Å². The first kappa shape index (κ1) is 16.4. The standard InChI is InChI=1S/C18H27N2P/c1-13(2)16-9-8-10-17(14(3)4)18(16)20-12-15(11-19-20)21(5,6)7/h8-11,13-14H,1-7H3. The molecule has 0 amide bonds. The summed E-state index contributed by atoms with van der Waals surface area (Å²) in [4.78, 5) is 0. The Bertz CT molecular complexity index is 571. The summed E-state index contributed by atoms with van der Waals surface area (Å²) in [6.07, 6.45) is 2.00. The third-order valence-corrected chi connectivity index (χ3v) is 5.45. The predicted octanol–water partition coefficient (Wildman–Crippen LogP) is 4.86. The zero-order valence-electron chi connectivity index (χ0n) is 14.3. The Balaban J connectivity index is 2.52. The molecular formula is C18H27N2P. The van der Waals surface area contributed by atoms with Crippen molar-refractivity contribution in [3.05, 3.63) is 35.9 Å². The van der Waals surface area contributed by atoms with E-state index in [9.17, 15) is 0 Å². The van der Waals surface area contributed by atoms with Crippen molar-refractivity contribution < 1.29 is 0 Å². The number of benzene rings is 1. The van der Waals surface area contributed by atoms with Crippen molar-refractivity contribution in [2.75, 3.05) is 25.0 Å². The largest absolute Gasteiger partial charge is 0.248 e. The van der Waals surface area contributed by atoms with Crippen LogP contribution in [-0.2, 0) is 0 Å². The van der Waals surface area contributed by atoms with Crippen LogP contribution in [0.4, 0.5) is 5.69 Å². The van der Waals surface area contributed by atoms with Gasteiger partial charge >= 0.3 is 0 Å². The van der Waals surface area contributed by atoms with Crippen LogP contribution in [0.5, 0.6) is 0 Å². The number of hydrogen-bond donors (Lipinski definition) is 0. The van der Waals surface area contributed by atoms with Crippen molar-refractivity contribution in [3.8, 4) is 0 Å². The molecule has 0 bridgehead atoms. The number of rotatable bonds is 3. The van der Waals surface area contributed by atoms with E-state index in [1.807, 2.05) is 11.2 Å². The maximum atomic E-state index is 4.63. The third-order valence-electron chi connectivity index (χ3n) is 3.79. The Kier molecular flexibility index (Phi) is 4.68. The van der Waals surface area contributed by atoms with Gasteiger partial charge in [0.25, 0.3) is 0 Å². The summed E-state index contributed by atoms with van der Waals surface area (Å²) >= 11 is 0. The van der Waals surface area contributed by atoms with Crippen molar-refractivity contribution in [2.24, 2.45) is 5.10 Å². The first-order valence-corrected chi connectivity index (χ1v) is 10.8. The highest BCUT2D eigenvalue weighted by Crippen LogP contribution is 2.41. The fourth-order valence-corrected chi connectivity index (χ4v) is 3.26. The molecule has 2 rings (SSSR count). The van der Waals surface area contributed by atoms with E-state index >= 15 is 0 Å². The van der Waals surface area contributed by atoms with Gasteiger partial charge in [0.15, 0.2) is 6.54 Å². The van der Waals surface area contributed by atoms with Gasteiger partial charge in [-0.05, 0) is 43.0 Å². The van der Waals surface area contributed by atoms with Crippen LogP contribution in [0, 0.1) is 6.54 Å². The maximum absolute atomic E-state index is 4.63. The molecule has 0 saturated heterocycles. The minimum Gasteiger partial charge on any atom is -0.248 e. The van der Waals surface area contributed by atoms with Crippen LogP contribution >= 0.6 is 6.89 Å². The Morgan fingerprint density at radius 1 is 1.00 bits per heavy atom. The zero-order valence-corrected chi connectivity index (χ0v) is 15.2. The van der Waals surface area contributed by atoms with Crippen LogP contribution < -0.4 is 5.01 Å². The van der Waals surface area contributed by atoms with Crippen molar-refractivity contribution in [1.82, 2.24) is 0 Å². The second kappa shape index (κ2) is 6.01. The molecule has 114 valence electrons. The number of anilines is 1. The van der Waals surface area contributed by atoms with E-state index in [0.29, 0.717) is 11.8 Å². The van der Waals surface area contributed by atoms with Gasteiger partial charge in [0, 0.05) is 5.29 Å². The molecule has 1 aromatic carbocycles. The molecule has 2 nitrogen and oxygen atoms in total. The molecule has 1 aliphatic heterocycles. The molecular weight excluding hydrogens is 275 g/mol. The number of hydrazone groups is 1. The third kappa shape index (κ3) is 3.43. The highest BCUT2D eigenvalue weighted by Gasteiger charge is 2.24. The molecule has 3 heteroatoms. The van der Waals surface area contributed by atoms with E-state index in [4.69, 9.17) is 0 Å². The molecule has 0 atom stereocenters. The highest BCUT2D eigenvalue weighted by molar-refractivity contribution is 7.76. The number of para-hydroxylation sites is 1. The van der Waals surface area contributed by atoms with Crippen LogP contribution in [-0.4, -0.2) is 31.5 Å². The molecule has 0 aliphatic carbocycles. The van der Waals surface area contributed by atoms with Gasteiger partial charge < -0.3 is 0 Å². The Morgan fingerprint density at radius 2 is 1.52 bits per heavy atom. The predicted molar refractivity (Wildman–Crippen MR) is 98.5 cm³/mol. The zero-order chi connectivity index (χ0) is 15.8. The topological polar surface area (TPSA) is 15.6 Å². The number of hydrogen-bond acceptors (Lipinski definition) is 2. The summed E-state index contributed by atoms with van der Waals surface area (Å²) in [5.74, 6) is 0.952. The van der Waals surface area contributed by atoms with Crippen LogP contribution in [0.2, 0.25) is 0 Å². The van der Waals surface area contributed by atoms with E-state index in [-0.39, 0.29) is 0 Å². The Hall–Kier alpha value is -1.01. The lowest BCUT2D eigenvalue weighted by molar-refractivity contribution is 0.819. The first-order valence-electron chi connectivity index (χ1n) is 7.64. The molecule has 0 fully saturated rings. The van der Waals surface area contributed by atoms with Crippen molar-refractivity contribution >= 4 is 24.1 Å². The maximum Gasteiger partial charge on any atom is 0.154 e. The molecule has 0 saturated carbocycles. The van der Waals surface area contributed by atoms with Gasteiger partial charge in [-0.2, -0.15) is 5.10 Å². The van der Waals surface area contributed by atoms with E-state index in [2.05, 4.69) is 77.5 Å². The van der Waals surface area contributed by atoms with Gasteiger partial charge in [-0.1, -0.05) is 45.9 Å². The summed E-state index contributed by atoms with van der Waals surface area (Å²) in [5.41, 5.74) is 3.92. The molecule has 1 aromatic rings. The van der Waals surface area contributed by atoms with Crippen molar-refractivity contribution in [1.29, 1.82) is 0 Å². The van der Waals surface area contributed by atoms with Crippen molar-refractivity contribution in [3.63, 3.8) is 0 Å². The molecule has 1 aliphatic rings. The monoisotopic (exact) mass is 302 g/mol. The summed E-state index contributed by atoms with van der Waals surface area (Å²) in [6.45, 7) is 18.3. The van der Waals surface area contributed by atoms with Gasteiger partial charge in [0.1, 0.15) is 0 Å². The summed E-state index contributed by atoms with van der Waals surface area (Å²) < 4.78 is 0. The van der Waals surface area contributed by atoms with Crippen LogP contribution in [0.15, 0.2) is 23.3 Å². The number of nitrogens with zero attached hydrogens (tertiary/aromatic N) is 2. The smallest absolute Gasteiger partial charge is 0.154 e. The Labute approximate surface area is 130 Å². The average molecular weight is 302 g/mol. The normalized spacial score (nSPS) is 15.7. The molecule has 0 aromatic heterocycles. The van der Waals surface area contributed by atoms with Crippen LogP contribution in [0.25, 0.3) is 0 Å². The van der Waals surface area contributed by atoms with Gasteiger partial charge in [-0.3, -0.25) is 0 Å². The molecule has 21 heavy (non-hydrogen) atoms. The SMILES string of the molecule is CC(C)c1cccc(C(C)C)c1N1[C]C(=P(C)(C)C)C=N1. The lowest BCUT2D eigenvalue weighted by Gasteiger charge is -2.25. The van der Waals surface area contributed by atoms with Crippen LogP contribution in [0.1, 0.15) is 50.7 Å². The Morgan fingerprint density at radius 3 is 1.90 bits per heavy atom. The second-order valence-electron chi connectivity index (χ2n) is 7.16. The van der Waals surface area contributed by atoms with Gasteiger partial charge in [0.2, 0.25) is 0 Å². The lowest BCUT2D eigenvalue weighted by Crippen LogP contribution is -2.16. The fraction of sp³-hybridized carbons (Fsp3) is 0.500. The minimum atomic E-state index is -1.08. The average Bonchev–Trinajstić information content (AvgIpc) is 2.86. The molecule has 1 heterocycles. The fourth-order valence-electron chi connectivity index (χ4n) is 2.47. The van der Waals surface area contributed by atoms with Gasteiger partial charge in [-0.15, -0.1) is 6.89 Å². The second-order valence-corrected chi connectivity index (χ2v) is 11.7. The lowest BCUT2D eigenvalue weighted by atomic mass is 9.92. The summed E-state index contributed by atoms with van der Waals surface area (Å²) in [7, 11) is 0. The van der Waals surface area contributed by atoms with Gasteiger partial charge in [0.05, 0.1) is 11.9 Å².